The van der Waals surface area contributed by atoms with Crippen molar-refractivity contribution >= 4 is 22.6 Å². The van der Waals surface area contributed by atoms with Crippen LogP contribution in [-0.2, 0) is 6.54 Å². The van der Waals surface area contributed by atoms with Crippen LogP contribution in [-0.4, -0.2) is 22.6 Å². The van der Waals surface area contributed by atoms with E-state index in [1.165, 1.54) is 0 Å². The Labute approximate surface area is 181 Å². The van der Waals surface area contributed by atoms with Gasteiger partial charge in [0, 0.05) is 18.9 Å². The molecule has 1 heterocycles. The van der Waals surface area contributed by atoms with E-state index in [0.717, 1.165) is 34.4 Å². The molecule has 27 heavy (non-hydrogen) atoms. The summed E-state index contributed by atoms with van der Waals surface area (Å²) in [6.07, 6.45) is 5.36. The molecule has 2 rings (SSSR count). The Hall–Kier alpha value is -1.44. The average molecular weight is 379 g/mol. The van der Waals surface area contributed by atoms with E-state index in [-0.39, 0.29) is 18.9 Å². The van der Waals surface area contributed by atoms with Crippen molar-refractivity contribution in [2.75, 3.05) is 6.54 Å². The van der Waals surface area contributed by atoms with Crippen molar-refractivity contribution in [1.29, 1.82) is 0 Å². The van der Waals surface area contributed by atoms with Gasteiger partial charge in [0.25, 0.3) is 0 Å². The van der Waals surface area contributed by atoms with E-state index in [2.05, 4.69) is 41.4 Å². The van der Waals surface area contributed by atoms with E-state index in [9.17, 15) is 0 Å². The summed E-state index contributed by atoms with van der Waals surface area (Å²) < 4.78 is 0. The van der Waals surface area contributed by atoms with Gasteiger partial charge >= 0.3 is 18.9 Å². The van der Waals surface area contributed by atoms with Crippen molar-refractivity contribution in [2.45, 2.75) is 33.4 Å². The number of halogens is 1. The maximum Gasteiger partial charge on any atom is 1.00 e. The Morgan fingerprint density at radius 1 is 1.26 bits per heavy atom. The number of allylic oxidation sites excluding steroid dienone is 3. The molecule has 2 aromatic rings. The molecule has 1 aromatic heterocycles. The molecule has 0 fully saturated rings. The summed E-state index contributed by atoms with van der Waals surface area (Å²) in [5, 5.41) is 7.02. The van der Waals surface area contributed by atoms with Gasteiger partial charge in [-0.3, -0.25) is 9.97 Å². The summed E-state index contributed by atoms with van der Waals surface area (Å²) in [5.74, 6) is 0. The molecule has 2 N–H and O–H groups in total. The standard InChI is InChI=1S/C16H17ClN3.C5H11N.Li/c1-4-14(11(2)12(3)17)20-10-13-5-6-15-16(9-13)19-8-7-18-15;1-4-6-5(2)3;/h4-9,20H,2,10H2,1,3H3;5-6H,1-2,4H2,3H3;/q-1;-2;+1/b12-11+,14-4+;;/t;5-;/m.1./s1. The molecule has 142 valence electrons. The quantitative estimate of drug-likeness (QED) is 0.455. The average Bonchev–Trinajstić information content (AvgIpc) is 2.62. The van der Waals surface area contributed by atoms with Gasteiger partial charge in [-0.15, -0.1) is 18.7 Å². The van der Waals surface area contributed by atoms with Crippen LogP contribution < -0.4 is 29.5 Å². The Bertz CT molecular complexity index is 753. The Kier molecular flexibility index (Phi) is 13.0. The third-order valence-corrected chi connectivity index (χ3v) is 3.77. The van der Waals surface area contributed by atoms with E-state index in [0.29, 0.717) is 17.6 Å². The van der Waals surface area contributed by atoms with Gasteiger partial charge in [0.1, 0.15) is 0 Å². The van der Waals surface area contributed by atoms with E-state index in [4.69, 9.17) is 11.6 Å². The van der Waals surface area contributed by atoms with Crippen molar-refractivity contribution in [3.8, 4) is 0 Å². The van der Waals surface area contributed by atoms with Crippen LogP contribution in [0, 0.1) is 20.8 Å². The SMILES string of the molecule is [CH2-]C(/C(=C\C)NCc1ccc2nccnc2c1)=C(/C)Cl.[CH2-]CN[C@H]([CH2-])C.[Li+]. The second-order valence-electron chi connectivity index (χ2n) is 5.80. The van der Waals surface area contributed by atoms with Gasteiger partial charge in [-0.05, 0) is 17.7 Å². The predicted molar refractivity (Wildman–Crippen MR) is 112 cm³/mol. The van der Waals surface area contributed by atoms with Crippen LogP contribution in [0.3, 0.4) is 0 Å². The minimum absolute atomic E-state index is 0. The first kappa shape index (κ1) is 25.6. The number of benzene rings is 1. The molecule has 0 amide bonds. The molecule has 0 saturated heterocycles. The van der Waals surface area contributed by atoms with Gasteiger partial charge < -0.3 is 24.5 Å². The summed E-state index contributed by atoms with van der Waals surface area (Å²) in [6, 6.07) is 6.38. The van der Waals surface area contributed by atoms with Crippen LogP contribution in [0.1, 0.15) is 26.3 Å². The smallest absolute Gasteiger partial charge is 0.432 e. The summed E-state index contributed by atoms with van der Waals surface area (Å²) in [6.45, 7) is 18.5. The van der Waals surface area contributed by atoms with Gasteiger partial charge in [0.15, 0.2) is 0 Å². The second kappa shape index (κ2) is 13.7. The summed E-state index contributed by atoms with van der Waals surface area (Å²) >= 11 is 5.98. The van der Waals surface area contributed by atoms with Crippen LogP contribution in [0.4, 0.5) is 0 Å². The molecule has 1 aromatic carbocycles. The Morgan fingerprint density at radius 3 is 2.37 bits per heavy atom. The summed E-state index contributed by atoms with van der Waals surface area (Å²) in [5.41, 5.74) is 4.69. The fraction of sp³-hybridized carbons (Fsp3) is 0.286. The second-order valence-corrected chi connectivity index (χ2v) is 6.37. The van der Waals surface area contributed by atoms with Gasteiger partial charge in [-0.1, -0.05) is 37.6 Å². The van der Waals surface area contributed by atoms with E-state index in [1.54, 1.807) is 12.4 Å². The molecule has 0 unspecified atom stereocenters. The minimum atomic E-state index is 0. The van der Waals surface area contributed by atoms with Crippen LogP contribution >= 0.6 is 11.6 Å². The maximum atomic E-state index is 5.98. The summed E-state index contributed by atoms with van der Waals surface area (Å²) in [7, 11) is 0. The molecule has 4 nitrogen and oxygen atoms in total. The van der Waals surface area contributed by atoms with E-state index in [1.807, 2.05) is 45.0 Å². The Balaban J connectivity index is 0.000000842. The number of nitrogens with zero attached hydrogens (tertiary/aromatic N) is 2. The molecule has 0 spiro atoms. The number of hydrogen-bond donors (Lipinski definition) is 2. The monoisotopic (exact) mass is 378 g/mol. The predicted octanol–water partition coefficient (Wildman–Crippen LogP) is 1.61. The number of nitrogens with one attached hydrogen (secondary N) is 2. The summed E-state index contributed by atoms with van der Waals surface area (Å²) in [4.78, 5) is 8.56. The fourth-order valence-electron chi connectivity index (χ4n) is 2.13. The van der Waals surface area contributed by atoms with Crippen LogP contribution in [0.15, 0.2) is 53.0 Å². The number of fused-ring (bicyclic) bond motifs is 1. The largest absolute Gasteiger partial charge is 1.00 e. The maximum absolute atomic E-state index is 5.98. The van der Waals surface area contributed by atoms with Gasteiger partial charge in [0.05, 0.1) is 11.0 Å². The van der Waals surface area contributed by atoms with Gasteiger partial charge in [0.2, 0.25) is 0 Å². The number of aromatic nitrogens is 2. The normalized spacial score (nSPS) is 13.0. The van der Waals surface area contributed by atoms with Gasteiger partial charge in [-0.25, -0.2) is 0 Å². The van der Waals surface area contributed by atoms with Crippen LogP contribution in [0.25, 0.3) is 11.0 Å². The van der Waals surface area contributed by atoms with Crippen molar-refractivity contribution < 1.29 is 18.9 Å². The van der Waals surface area contributed by atoms with Crippen molar-refractivity contribution in [2.24, 2.45) is 0 Å². The molecule has 0 aliphatic heterocycles. The van der Waals surface area contributed by atoms with Gasteiger partial charge in [-0.2, -0.15) is 24.1 Å². The van der Waals surface area contributed by atoms with Crippen LogP contribution in [0.5, 0.6) is 0 Å². The van der Waals surface area contributed by atoms with Crippen molar-refractivity contribution in [1.82, 2.24) is 20.6 Å². The first-order valence-electron chi connectivity index (χ1n) is 8.53. The third-order valence-electron chi connectivity index (χ3n) is 3.54. The molecule has 0 bridgehead atoms. The molecule has 1 atom stereocenters. The zero-order valence-corrected chi connectivity index (χ0v) is 17.6. The number of rotatable bonds is 6. The first-order chi connectivity index (χ1) is 12.4. The fourth-order valence-corrected chi connectivity index (χ4v) is 2.23. The molecule has 6 heteroatoms. The first-order valence-corrected chi connectivity index (χ1v) is 8.91. The molecule has 0 saturated carbocycles. The Morgan fingerprint density at radius 2 is 1.89 bits per heavy atom. The minimum Gasteiger partial charge on any atom is -0.432 e. The zero-order valence-electron chi connectivity index (χ0n) is 16.8. The molecule has 0 radical (unpaired) electrons. The number of hydrogen-bond acceptors (Lipinski definition) is 4. The third kappa shape index (κ3) is 9.35. The molecule has 0 aliphatic rings. The zero-order chi connectivity index (χ0) is 19.5. The van der Waals surface area contributed by atoms with E-state index >= 15 is 0 Å². The topological polar surface area (TPSA) is 49.8 Å². The van der Waals surface area contributed by atoms with E-state index < -0.39 is 0 Å². The molecule has 0 aliphatic carbocycles. The molecular formula is C21H28ClLiN4-2. The van der Waals surface area contributed by atoms with Crippen molar-refractivity contribution in [3.63, 3.8) is 0 Å². The van der Waals surface area contributed by atoms with Crippen molar-refractivity contribution in [3.05, 3.63) is 79.3 Å². The molecular weight excluding hydrogens is 351 g/mol. The van der Waals surface area contributed by atoms with Crippen LogP contribution in [0.2, 0.25) is 0 Å².